The summed E-state index contributed by atoms with van der Waals surface area (Å²) in [6.45, 7) is 6.01. The molecule has 2 amide bonds. The Bertz CT molecular complexity index is 895. The number of benzene rings is 2. The van der Waals surface area contributed by atoms with Crippen molar-refractivity contribution in [1.82, 2.24) is 10.2 Å². The molecule has 0 aromatic heterocycles. The predicted octanol–water partition coefficient (Wildman–Crippen LogP) is 3.23. The summed E-state index contributed by atoms with van der Waals surface area (Å²) >= 11 is 1.53. The largest absolute Gasteiger partial charge is 0.351 e. The van der Waals surface area contributed by atoms with Crippen molar-refractivity contribution in [2.24, 2.45) is 0 Å². The van der Waals surface area contributed by atoms with E-state index in [2.05, 4.69) is 37.4 Å². The van der Waals surface area contributed by atoms with Crippen molar-refractivity contribution >= 4 is 29.3 Å². The van der Waals surface area contributed by atoms with Gasteiger partial charge in [0.2, 0.25) is 5.91 Å². The van der Waals surface area contributed by atoms with E-state index in [1.54, 1.807) is 0 Å². The number of thioether (sulfide) groups is 1. The number of likely N-dealkylation sites (N-methyl/N-ethyl adjacent to an activating group) is 1. The lowest BCUT2D eigenvalue weighted by Gasteiger charge is -2.30. The predicted molar refractivity (Wildman–Crippen MR) is 115 cm³/mol. The van der Waals surface area contributed by atoms with E-state index in [1.807, 2.05) is 42.1 Å². The van der Waals surface area contributed by atoms with E-state index in [1.165, 1.54) is 17.3 Å². The number of hydrogen-bond donors (Lipinski definition) is 1. The first-order valence-corrected chi connectivity index (χ1v) is 10.4. The SMILES string of the molecule is Cc1ccc(C)c(CN2C(=O)CSc3ccc(C(=O)NCCN(C)C)cc32)c1. The van der Waals surface area contributed by atoms with E-state index in [-0.39, 0.29) is 11.8 Å². The highest BCUT2D eigenvalue weighted by molar-refractivity contribution is 8.00. The van der Waals surface area contributed by atoms with Gasteiger partial charge in [-0.3, -0.25) is 9.59 Å². The molecule has 148 valence electrons. The van der Waals surface area contributed by atoms with Gasteiger partial charge in [-0.1, -0.05) is 23.8 Å². The molecule has 0 bridgehead atoms. The van der Waals surface area contributed by atoms with Crippen LogP contribution in [0.15, 0.2) is 41.3 Å². The van der Waals surface area contributed by atoms with Gasteiger partial charge in [0.25, 0.3) is 5.91 Å². The second-order valence-corrected chi connectivity index (χ2v) is 8.46. The van der Waals surface area contributed by atoms with Crippen LogP contribution in [0.5, 0.6) is 0 Å². The van der Waals surface area contributed by atoms with Crippen LogP contribution in [0, 0.1) is 13.8 Å². The highest BCUT2D eigenvalue weighted by atomic mass is 32.2. The molecule has 0 spiro atoms. The topological polar surface area (TPSA) is 52.7 Å². The summed E-state index contributed by atoms with van der Waals surface area (Å²) in [7, 11) is 3.94. The summed E-state index contributed by atoms with van der Waals surface area (Å²) in [5, 5.41) is 2.94. The summed E-state index contributed by atoms with van der Waals surface area (Å²) in [4.78, 5) is 30.1. The van der Waals surface area contributed by atoms with E-state index >= 15 is 0 Å². The van der Waals surface area contributed by atoms with Gasteiger partial charge in [-0.25, -0.2) is 0 Å². The van der Waals surface area contributed by atoms with Crippen molar-refractivity contribution in [2.45, 2.75) is 25.3 Å². The first-order chi connectivity index (χ1) is 13.3. The third-order valence-corrected chi connectivity index (χ3v) is 5.89. The third-order valence-electron chi connectivity index (χ3n) is 4.84. The molecule has 1 aliphatic rings. The zero-order chi connectivity index (χ0) is 20.3. The standard InChI is InChI=1S/C22H27N3O2S/c1-15-5-6-16(2)18(11-15)13-25-19-12-17(22(27)23-9-10-24(3)4)7-8-20(19)28-14-21(25)26/h5-8,11-12H,9-10,13-14H2,1-4H3,(H,23,27). The van der Waals surface area contributed by atoms with Crippen molar-refractivity contribution < 1.29 is 9.59 Å². The average molecular weight is 398 g/mol. The molecule has 0 atom stereocenters. The normalized spacial score (nSPS) is 13.6. The summed E-state index contributed by atoms with van der Waals surface area (Å²) in [5.74, 6) is 0.384. The number of nitrogens with one attached hydrogen (secondary N) is 1. The molecule has 0 aliphatic carbocycles. The number of hydrogen-bond acceptors (Lipinski definition) is 4. The number of nitrogens with zero attached hydrogens (tertiary/aromatic N) is 2. The van der Waals surface area contributed by atoms with Gasteiger partial charge in [0.05, 0.1) is 18.0 Å². The second-order valence-electron chi connectivity index (χ2n) is 7.44. The molecule has 28 heavy (non-hydrogen) atoms. The van der Waals surface area contributed by atoms with Gasteiger partial charge in [-0.2, -0.15) is 0 Å². The fourth-order valence-electron chi connectivity index (χ4n) is 3.15. The molecule has 0 saturated heterocycles. The smallest absolute Gasteiger partial charge is 0.251 e. The molecule has 1 N–H and O–H groups in total. The number of aryl methyl sites for hydroxylation is 2. The highest BCUT2D eigenvalue weighted by Gasteiger charge is 2.26. The fraction of sp³-hybridized carbons (Fsp3) is 0.364. The Morgan fingerprint density at radius 3 is 2.71 bits per heavy atom. The van der Waals surface area contributed by atoms with Crippen molar-refractivity contribution in [3.8, 4) is 0 Å². The first kappa shape index (κ1) is 20.4. The van der Waals surface area contributed by atoms with Crippen molar-refractivity contribution in [2.75, 3.05) is 37.8 Å². The molecular formula is C22H27N3O2S. The van der Waals surface area contributed by atoms with Crippen LogP contribution in [0.1, 0.15) is 27.0 Å². The number of carbonyl (C=O) groups excluding carboxylic acids is 2. The molecule has 0 unspecified atom stereocenters. The molecule has 1 aliphatic heterocycles. The maximum atomic E-state index is 12.7. The van der Waals surface area contributed by atoms with Crippen LogP contribution in [0.2, 0.25) is 0 Å². The number of carbonyl (C=O) groups is 2. The van der Waals surface area contributed by atoms with Crippen LogP contribution >= 0.6 is 11.8 Å². The monoisotopic (exact) mass is 397 g/mol. The van der Waals surface area contributed by atoms with E-state index in [0.29, 0.717) is 24.4 Å². The molecular weight excluding hydrogens is 370 g/mol. The third kappa shape index (κ3) is 4.75. The van der Waals surface area contributed by atoms with Gasteiger partial charge in [0.1, 0.15) is 0 Å². The second kappa shape index (κ2) is 8.80. The minimum atomic E-state index is -0.112. The Hall–Kier alpha value is -2.31. The number of fused-ring (bicyclic) bond motifs is 1. The Labute approximate surface area is 171 Å². The molecule has 0 saturated carbocycles. The van der Waals surface area contributed by atoms with E-state index in [4.69, 9.17) is 0 Å². The van der Waals surface area contributed by atoms with E-state index in [0.717, 1.165) is 28.3 Å². The minimum Gasteiger partial charge on any atom is -0.351 e. The van der Waals surface area contributed by atoms with Gasteiger partial charge >= 0.3 is 0 Å². The van der Waals surface area contributed by atoms with E-state index < -0.39 is 0 Å². The highest BCUT2D eigenvalue weighted by Crippen LogP contribution is 2.37. The summed E-state index contributed by atoms with van der Waals surface area (Å²) in [6, 6.07) is 11.9. The van der Waals surface area contributed by atoms with Crippen LogP contribution in [0.4, 0.5) is 5.69 Å². The lowest BCUT2D eigenvalue weighted by molar-refractivity contribution is -0.116. The maximum absolute atomic E-state index is 12.7. The molecule has 6 heteroatoms. The quantitative estimate of drug-likeness (QED) is 0.813. The zero-order valence-corrected chi connectivity index (χ0v) is 17.7. The van der Waals surface area contributed by atoms with Crippen molar-refractivity contribution in [3.05, 3.63) is 58.7 Å². The van der Waals surface area contributed by atoms with Gasteiger partial charge in [0, 0.05) is 23.5 Å². The Balaban J connectivity index is 1.85. The molecule has 3 rings (SSSR count). The molecule has 1 heterocycles. The zero-order valence-electron chi connectivity index (χ0n) is 16.9. The lowest BCUT2D eigenvalue weighted by atomic mass is 10.0. The summed E-state index contributed by atoms with van der Waals surface area (Å²) in [5.41, 5.74) is 4.87. The lowest BCUT2D eigenvalue weighted by Crippen LogP contribution is -2.35. The van der Waals surface area contributed by atoms with Crippen molar-refractivity contribution in [1.29, 1.82) is 0 Å². The van der Waals surface area contributed by atoms with Crippen LogP contribution in [0.3, 0.4) is 0 Å². The molecule has 0 fully saturated rings. The number of anilines is 1. The summed E-state index contributed by atoms with van der Waals surface area (Å²) in [6.07, 6.45) is 0. The molecule has 0 radical (unpaired) electrons. The maximum Gasteiger partial charge on any atom is 0.251 e. The van der Waals surface area contributed by atoms with Gasteiger partial charge in [0.15, 0.2) is 0 Å². The van der Waals surface area contributed by atoms with Gasteiger partial charge < -0.3 is 15.1 Å². The Kier molecular flexibility index (Phi) is 6.42. The van der Waals surface area contributed by atoms with Gasteiger partial charge in [-0.15, -0.1) is 11.8 Å². The first-order valence-electron chi connectivity index (χ1n) is 9.41. The molecule has 5 nitrogen and oxygen atoms in total. The van der Waals surface area contributed by atoms with Crippen LogP contribution in [0.25, 0.3) is 0 Å². The summed E-state index contributed by atoms with van der Waals surface area (Å²) < 4.78 is 0. The molecule has 2 aromatic carbocycles. The van der Waals surface area contributed by atoms with Crippen LogP contribution in [-0.4, -0.2) is 49.7 Å². The van der Waals surface area contributed by atoms with Crippen LogP contribution in [-0.2, 0) is 11.3 Å². The van der Waals surface area contributed by atoms with Crippen molar-refractivity contribution in [3.63, 3.8) is 0 Å². The Morgan fingerprint density at radius 1 is 1.18 bits per heavy atom. The minimum absolute atomic E-state index is 0.0728. The Morgan fingerprint density at radius 2 is 1.96 bits per heavy atom. The fourth-order valence-corrected chi connectivity index (χ4v) is 4.07. The van der Waals surface area contributed by atoms with E-state index in [9.17, 15) is 9.59 Å². The number of amides is 2. The average Bonchev–Trinajstić information content (AvgIpc) is 2.66. The van der Waals surface area contributed by atoms with Gasteiger partial charge in [-0.05, 0) is 57.3 Å². The van der Waals surface area contributed by atoms with Crippen LogP contribution < -0.4 is 10.2 Å². The number of rotatable bonds is 6. The molecule has 2 aromatic rings.